The Bertz CT molecular complexity index is 947. The third-order valence-corrected chi connectivity index (χ3v) is 3.65. The summed E-state index contributed by atoms with van der Waals surface area (Å²) in [6.07, 6.45) is 1.61. The summed E-state index contributed by atoms with van der Waals surface area (Å²) in [6.45, 7) is 4.17. The minimum atomic E-state index is -0.298. The fourth-order valence-electron chi connectivity index (χ4n) is 2.11. The highest BCUT2D eigenvalue weighted by Gasteiger charge is 1.99. The van der Waals surface area contributed by atoms with E-state index in [1.165, 1.54) is 5.56 Å². The molecule has 0 fully saturated rings. The highest BCUT2D eigenvalue weighted by Crippen LogP contribution is 2.14. The van der Waals surface area contributed by atoms with E-state index in [-0.39, 0.29) is 11.5 Å². The van der Waals surface area contributed by atoms with Gasteiger partial charge >= 0.3 is 0 Å². The zero-order valence-corrected chi connectivity index (χ0v) is 14.6. The maximum absolute atomic E-state index is 11.4. The van der Waals surface area contributed by atoms with Crippen LogP contribution in [0.15, 0.2) is 58.4 Å². The molecule has 0 aliphatic rings. The van der Waals surface area contributed by atoms with Crippen molar-refractivity contribution in [2.75, 3.05) is 5.43 Å². The van der Waals surface area contributed by atoms with E-state index >= 15 is 0 Å². The van der Waals surface area contributed by atoms with E-state index in [4.69, 9.17) is 4.74 Å². The molecule has 3 rings (SSSR count). The van der Waals surface area contributed by atoms with Crippen LogP contribution in [0.1, 0.15) is 22.4 Å². The third kappa shape index (κ3) is 4.76. The number of nitrogens with one attached hydrogen (secondary N) is 2. The second kappa shape index (κ2) is 8.06. The topological polar surface area (TPSA) is 92.3 Å². The van der Waals surface area contributed by atoms with Crippen molar-refractivity contribution in [2.45, 2.75) is 20.5 Å². The summed E-state index contributed by atoms with van der Waals surface area (Å²) in [5.74, 6) is 0.972. The Kier molecular flexibility index (Phi) is 5.38. The van der Waals surface area contributed by atoms with Gasteiger partial charge in [0.25, 0.3) is 5.56 Å². The summed E-state index contributed by atoms with van der Waals surface area (Å²) in [4.78, 5) is 14.0. The second-order valence-corrected chi connectivity index (χ2v) is 5.80. The highest BCUT2D eigenvalue weighted by atomic mass is 16.5. The first-order valence-electron chi connectivity index (χ1n) is 8.11. The molecule has 0 unspecified atom stereocenters. The van der Waals surface area contributed by atoms with Crippen molar-refractivity contribution in [3.05, 3.63) is 81.3 Å². The molecule has 0 atom stereocenters. The van der Waals surface area contributed by atoms with Gasteiger partial charge in [-0.05, 0) is 49.2 Å². The molecule has 26 heavy (non-hydrogen) atoms. The van der Waals surface area contributed by atoms with Crippen LogP contribution in [-0.2, 0) is 6.61 Å². The van der Waals surface area contributed by atoms with Crippen LogP contribution >= 0.6 is 0 Å². The molecule has 2 N–H and O–H groups in total. The Balaban J connectivity index is 1.54. The Morgan fingerprint density at radius 3 is 2.50 bits per heavy atom. The summed E-state index contributed by atoms with van der Waals surface area (Å²) >= 11 is 0. The molecule has 1 heterocycles. The molecule has 0 bridgehead atoms. The predicted molar refractivity (Wildman–Crippen MR) is 101 cm³/mol. The number of hydrogen-bond acceptors (Lipinski definition) is 6. The Morgan fingerprint density at radius 1 is 1.08 bits per heavy atom. The number of hydrazone groups is 1. The molecule has 132 valence electrons. The third-order valence-electron chi connectivity index (χ3n) is 3.65. The SMILES string of the molecule is Cc1ccc(COc2ccc(/C=N/Nc3nnc(C)c(=O)[nH]3)cc2)cc1. The van der Waals surface area contributed by atoms with Crippen molar-refractivity contribution >= 4 is 12.2 Å². The fraction of sp³-hybridized carbons (Fsp3) is 0.158. The van der Waals surface area contributed by atoms with E-state index in [1.807, 2.05) is 24.3 Å². The van der Waals surface area contributed by atoms with Crippen LogP contribution in [-0.4, -0.2) is 21.4 Å². The van der Waals surface area contributed by atoms with Gasteiger partial charge in [0.05, 0.1) is 6.21 Å². The number of ether oxygens (including phenoxy) is 1. The van der Waals surface area contributed by atoms with Gasteiger partial charge in [-0.2, -0.15) is 5.10 Å². The second-order valence-electron chi connectivity index (χ2n) is 5.80. The molecule has 2 aromatic carbocycles. The number of nitrogens with zero attached hydrogens (tertiary/aromatic N) is 3. The van der Waals surface area contributed by atoms with Crippen LogP contribution in [0.3, 0.4) is 0 Å². The lowest BCUT2D eigenvalue weighted by Crippen LogP contribution is -2.15. The summed E-state index contributed by atoms with van der Waals surface area (Å²) in [5.41, 5.74) is 5.87. The molecule has 0 radical (unpaired) electrons. The van der Waals surface area contributed by atoms with Crippen LogP contribution in [0.5, 0.6) is 5.75 Å². The standard InChI is InChI=1S/C19H19N5O2/c1-13-3-5-16(6-4-13)12-26-17-9-7-15(8-10-17)11-20-23-19-21-18(25)14(2)22-24-19/h3-11H,12H2,1-2H3,(H2,21,23,24,25)/b20-11+. The maximum Gasteiger partial charge on any atom is 0.274 e. The lowest BCUT2D eigenvalue weighted by molar-refractivity contribution is 0.306. The number of rotatable bonds is 6. The maximum atomic E-state index is 11.4. The summed E-state index contributed by atoms with van der Waals surface area (Å²) in [5, 5.41) is 11.5. The minimum absolute atomic E-state index is 0.190. The molecule has 0 spiro atoms. The average Bonchev–Trinajstić information content (AvgIpc) is 2.65. The Morgan fingerprint density at radius 2 is 1.81 bits per heavy atom. The number of aryl methyl sites for hydroxylation is 2. The first kappa shape index (κ1) is 17.3. The van der Waals surface area contributed by atoms with Crippen LogP contribution in [0.25, 0.3) is 0 Å². The van der Waals surface area contributed by atoms with E-state index in [2.05, 4.69) is 56.9 Å². The van der Waals surface area contributed by atoms with Gasteiger partial charge in [-0.1, -0.05) is 29.8 Å². The molecule has 0 saturated carbocycles. The molecule has 3 aromatic rings. The van der Waals surface area contributed by atoms with Gasteiger partial charge in [0.1, 0.15) is 18.1 Å². The molecular weight excluding hydrogens is 330 g/mol. The van der Waals surface area contributed by atoms with Gasteiger partial charge in [0, 0.05) is 0 Å². The molecule has 0 aliphatic carbocycles. The van der Waals surface area contributed by atoms with E-state index in [1.54, 1.807) is 13.1 Å². The van der Waals surface area contributed by atoms with Crippen LogP contribution < -0.4 is 15.7 Å². The molecule has 0 amide bonds. The van der Waals surface area contributed by atoms with Gasteiger partial charge in [-0.15, -0.1) is 10.2 Å². The molecule has 0 saturated heterocycles. The van der Waals surface area contributed by atoms with Crippen molar-refractivity contribution < 1.29 is 4.74 Å². The summed E-state index contributed by atoms with van der Waals surface area (Å²) in [6, 6.07) is 15.8. The summed E-state index contributed by atoms with van der Waals surface area (Å²) < 4.78 is 5.77. The number of hydrogen-bond donors (Lipinski definition) is 2. The quantitative estimate of drug-likeness (QED) is 0.527. The Hall–Kier alpha value is -3.48. The van der Waals surface area contributed by atoms with Gasteiger partial charge < -0.3 is 4.74 Å². The smallest absolute Gasteiger partial charge is 0.274 e. The number of aromatic nitrogens is 3. The van der Waals surface area contributed by atoms with Crippen molar-refractivity contribution in [1.82, 2.24) is 15.2 Å². The monoisotopic (exact) mass is 349 g/mol. The molecular formula is C19H19N5O2. The van der Waals surface area contributed by atoms with E-state index in [9.17, 15) is 4.79 Å². The van der Waals surface area contributed by atoms with Crippen LogP contribution in [0.4, 0.5) is 5.95 Å². The lowest BCUT2D eigenvalue weighted by atomic mass is 10.2. The Labute approximate surface area is 150 Å². The van der Waals surface area contributed by atoms with Gasteiger partial charge in [0.2, 0.25) is 5.95 Å². The number of benzene rings is 2. The average molecular weight is 349 g/mol. The number of H-pyrrole nitrogens is 1. The van der Waals surface area contributed by atoms with E-state index in [0.29, 0.717) is 12.3 Å². The fourth-order valence-corrected chi connectivity index (χ4v) is 2.11. The summed E-state index contributed by atoms with van der Waals surface area (Å²) in [7, 11) is 0. The first-order chi connectivity index (χ1) is 12.6. The van der Waals surface area contributed by atoms with Gasteiger partial charge in [0.15, 0.2) is 0 Å². The van der Waals surface area contributed by atoms with Crippen molar-refractivity contribution in [2.24, 2.45) is 5.10 Å². The molecule has 7 nitrogen and oxygen atoms in total. The first-order valence-corrected chi connectivity index (χ1v) is 8.11. The zero-order valence-electron chi connectivity index (χ0n) is 14.6. The number of anilines is 1. The predicted octanol–water partition coefficient (Wildman–Crippen LogP) is 2.81. The van der Waals surface area contributed by atoms with Crippen LogP contribution in [0, 0.1) is 13.8 Å². The largest absolute Gasteiger partial charge is 0.489 e. The van der Waals surface area contributed by atoms with E-state index in [0.717, 1.165) is 16.9 Å². The number of aromatic amines is 1. The zero-order chi connectivity index (χ0) is 18.4. The van der Waals surface area contributed by atoms with Gasteiger partial charge in [-0.25, -0.2) is 5.43 Å². The van der Waals surface area contributed by atoms with Crippen molar-refractivity contribution in [1.29, 1.82) is 0 Å². The van der Waals surface area contributed by atoms with Gasteiger partial charge in [-0.3, -0.25) is 9.78 Å². The minimum Gasteiger partial charge on any atom is -0.489 e. The molecule has 1 aromatic heterocycles. The van der Waals surface area contributed by atoms with E-state index < -0.39 is 0 Å². The normalized spacial score (nSPS) is 10.8. The molecule has 0 aliphatic heterocycles. The van der Waals surface area contributed by atoms with Crippen LogP contribution in [0.2, 0.25) is 0 Å². The molecule has 7 heteroatoms. The highest BCUT2D eigenvalue weighted by molar-refractivity contribution is 5.80. The van der Waals surface area contributed by atoms with Crippen molar-refractivity contribution in [3.8, 4) is 5.75 Å². The lowest BCUT2D eigenvalue weighted by Gasteiger charge is -2.06. The van der Waals surface area contributed by atoms with Crippen molar-refractivity contribution in [3.63, 3.8) is 0 Å².